The van der Waals surface area contributed by atoms with Gasteiger partial charge in [-0.05, 0) is 43.2 Å². The minimum Gasteiger partial charge on any atom is -0.354 e. The van der Waals surface area contributed by atoms with Gasteiger partial charge in [0.15, 0.2) is 0 Å². The number of halogens is 2. The van der Waals surface area contributed by atoms with Gasteiger partial charge in [0, 0.05) is 12.1 Å². The number of rotatable bonds is 5. The average molecular weight is 393 g/mol. The number of anilines is 1. The number of benzene rings is 2. The quantitative estimate of drug-likeness (QED) is 0.598. The molecule has 3 rings (SSSR count). The van der Waals surface area contributed by atoms with Crippen molar-refractivity contribution in [1.29, 1.82) is 5.41 Å². The van der Waals surface area contributed by atoms with Gasteiger partial charge in [0.1, 0.15) is 18.2 Å². The van der Waals surface area contributed by atoms with Gasteiger partial charge in [-0.2, -0.15) is 0 Å². The zero-order valence-electron chi connectivity index (χ0n) is 14.8. The third-order valence-electron chi connectivity index (χ3n) is 4.52. The van der Waals surface area contributed by atoms with Crippen molar-refractivity contribution in [2.75, 3.05) is 17.8 Å². The van der Waals surface area contributed by atoms with Gasteiger partial charge in [-0.15, -0.1) is 0 Å². The van der Waals surface area contributed by atoms with Crippen LogP contribution in [0.4, 0.5) is 14.5 Å². The van der Waals surface area contributed by atoms with Gasteiger partial charge in [-0.1, -0.05) is 24.3 Å². The second kappa shape index (κ2) is 7.64. The number of sulfonamides is 1. The summed E-state index contributed by atoms with van der Waals surface area (Å²) in [6, 6.07) is 12.1. The first-order chi connectivity index (χ1) is 12.8. The number of nitrogens with zero attached hydrogens (tertiary/aromatic N) is 1. The molecule has 0 saturated carbocycles. The molecule has 1 aliphatic heterocycles. The summed E-state index contributed by atoms with van der Waals surface area (Å²) in [4.78, 5) is 1.59. The fourth-order valence-electron chi connectivity index (χ4n) is 2.99. The molecular formula is C19H21F2N3O2S. The molecule has 0 amide bonds. The van der Waals surface area contributed by atoms with Crippen LogP contribution in [0.2, 0.25) is 0 Å². The Balaban J connectivity index is 1.86. The Morgan fingerprint density at radius 1 is 1.22 bits per heavy atom. The summed E-state index contributed by atoms with van der Waals surface area (Å²) < 4.78 is 54.6. The summed E-state index contributed by atoms with van der Waals surface area (Å²) in [7, 11) is -3.91. The number of amidine groups is 1. The van der Waals surface area contributed by atoms with Crippen molar-refractivity contribution in [2.24, 2.45) is 0 Å². The minimum atomic E-state index is -3.91. The van der Waals surface area contributed by atoms with Crippen molar-refractivity contribution < 1.29 is 17.2 Å². The summed E-state index contributed by atoms with van der Waals surface area (Å²) in [5, 5.41) is 8.33. The highest BCUT2D eigenvalue weighted by Crippen LogP contribution is 2.25. The smallest absolute Gasteiger partial charge is 0.261 e. The molecule has 1 aliphatic rings. The summed E-state index contributed by atoms with van der Waals surface area (Å²) in [6.45, 7) is 1.93. The Hall–Kier alpha value is -2.48. The van der Waals surface area contributed by atoms with Gasteiger partial charge < -0.3 is 4.90 Å². The summed E-state index contributed by atoms with van der Waals surface area (Å²) in [6.07, 6.45) is -1.81. The lowest BCUT2D eigenvalue weighted by atomic mass is 10.1. The van der Waals surface area contributed by atoms with Gasteiger partial charge in [0.05, 0.1) is 17.1 Å². The molecule has 8 heteroatoms. The van der Waals surface area contributed by atoms with Crippen LogP contribution in [0.3, 0.4) is 0 Å². The molecule has 2 unspecified atom stereocenters. The van der Waals surface area contributed by atoms with Crippen molar-refractivity contribution in [3.8, 4) is 0 Å². The van der Waals surface area contributed by atoms with E-state index in [1.807, 2.05) is 0 Å². The first kappa shape index (κ1) is 19.3. The number of nitrogens with one attached hydrogen (secondary N) is 2. The molecule has 0 aromatic heterocycles. The molecule has 5 nitrogen and oxygen atoms in total. The topological polar surface area (TPSA) is 73.3 Å². The van der Waals surface area contributed by atoms with E-state index in [1.165, 1.54) is 31.2 Å². The van der Waals surface area contributed by atoms with Gasteiger partial charge in [-0.3, -0.25) is 10.1 Å². The number of hydrogen-bond acceptors (Lipinski definition) is 3. The third-order valence-corrected chi connectivity index (χ3v) is 5.90. The molecule has 2 atom stereocenters. The van der Waals surface area contributed by atoms with Crippen LogP contribution in [-0.2, 0) is 10.0 Å². The van der Waals surface area contributed by atoms with Crippen LogP contribution in [0, 0.1) is 5.41 Å². The molecule has 0 aliphatic carbocycles. The Morgan fingerprint density at radius 2 is 1.89 bits per heavy atom. The summed E-state index contributed by atoms with van der Waals surface area (Å²) >= 11 is 0. The Labute approximate surface area is 157 Å². The first-order valence-corrected chi connectivity index (χ1v) is 10.1. The molecule has 144 valence electrons. The highest BCUT2D eigenvalue weighted by atomic mass is 32.2. The van der Waals surface area contributed by atoms with E-state index in [0.717, 1.165) is 0 Å². The number of alkyl halides is 2. The standard InChI is InChI=1S/C19H21F2N3O2S/c1-13(20)14-6-8-16(9-7-14)27(25,26)23-18-5-3-2-4-17(18)19(22)24-11-10-15(21)12-24/h2-9,13,15,22-23H,10-12H2,1H3. The van der Waals surface area contributed by atoms with Crippen LogP contribution in [-0.4, -0.2) is 38.4 Å². The van der Waals surface area contributed by atoms with Crippen molar-refractivity contribution in [3.63, 3.8) is 0 Å². The van der Waals surface area contributed by atoms with Gasteiger partial charge in [0.2, 0.25) is 0 Å². The Morgan fingerprint density at radius 3 is 2.48 bits per heavy atom. The van der Waals surface area contributed by atoms with Crippen LogP contribution in [0.25, 0.3) is 0 Å². The second-order valence-corrected chi connectivity index (χ2v) is 8.20. The van der Waals surface area contributed by atoms with Crippen molar-refractivity contribution in [1.82, 2.24) is 4.90 Å². The Kier molecular flexibility index (Phi) is 5.46. The number of para-hydroxylation sites is 1. The molecule has 27 heavy (non-hydrogen) atoms. The fourth-order valence-corrected chi connectivity index (χ4v) is 4.07. The van der Waals surface area contributed by atoms with E-state index in [9.17, 15) is 17.2 Å². The molecule has 1 fully saturated rings. The van der Waals surface area contributed by atoms with Crippen LogP contribution in [0.1, 0.15) is 30.6 Å². The first-order valence-electron chi connectivity index (χ1n) is 8.62. The largest absolute Gasteiger partial charge is 0.354 e. The molecule has 2 aromatic carbocycles. The highest BCUT2D eigenvalue weighted by molar-refractivity contribution is 7.92. The maximum Gasteiger partial charge on any atom is 0.261 e. The Bertz CT molecular complexity index is 930. The van der Waals surface area contributed by atoms with E-state index in [4.69, 9.17) is 5.41 Å². The highest BCUT2D eigenvalue weighted by Gasteiger charge is 2.26. The van der Waals surface area contributed by atoms with Gasteiger partial charge in [-0.25, -0.2) is 17.2 Å². The maximum atomic E-state index is 13.5. The van der Waals surface area contributed by atoms with Crippen molar-refractivity contribution >= 4 is 21.5 Å². The summed E-state index contributed by atoms with van der Waals surface area (Å²) in [5.41, 5.74) is 1.02. The molecule has 0 bridgehead atoms. The fraction of sp³-hybridized carbons (Fsp3) is 0.316. The monoisotopic (exact) mass is 393 g/mol. The molecule has 2 aromatic rings. The molecule has 2 N–H and O–H groups in total. The predicted molar refractivity (Wildman–Crippen MR) is 101 cm³/mol. The van der Waals surface area contributed by atoms with Crippen LogP contribution in [0.15, 0.2) is 53.4 Å². The molecule has 0 spiro atoms. The SMILES string of the molecule is CC(F)c1ccc(S(=O)(=O)Nc2ccccc2C(=N)N2CCC(F)C2)cc1. The number of hydrogen-bond donors (Lipinski definition) is 2. The number of likely N-dealkylation sites (tertiary alicyclic amines) is 1. The third kappa shape index (κ3) is 4.27. The van der Waals surface area contributed by atoms with E-state index in [1.54, 1.807) is 29.2 Å². The molecule has 1 saturated heterocycles. The van der Waals surface area contributed by atoms with Crippen LogP contribution in [0.5, 0.6) is 0 Å². The van der Waals surface area contributed by atoms with Gasteiger partial charge >= 0.3 is 0 Å². The lowest BCUT2D eigenvalue weighted by molar-refractivity contribution is 0.342. The van der Waals surface area contributed by atoms with Crippen molar-refractivity contribution in [3.05, 3.63) is 59.7 Å². The zero-order chi connectivity index (χ0) is 19.6. The van der Waals surface area contributed by atoms with E-state index in [0.29, 0.717) is 24.1 Å². The van der Waals surface area contributed by atoms with E-state index in [2.05, 4.69) is 4.72 Å². The maximum absolute atomic E-state index is 13.5. The van der Waals surface area contributed by atoms with E-state index >= 15 is 0 Å². The zero-order valence-corrected chi connectivity index (χ0v) is 15.6. The summed E-state index contributed by atoms with van der Waals surface area (Å²) in [5.74, 6) is 0.0788. The lowest BCUT2D eigenvalue weighted by Crippen LogP contribution is -2.30. The molecular weight excluding hydrogens is 372 g/mol. The van der Waals surface area contributed by atoms with E-state index < -0.39 is 22.4 Å². The average Bonchev–Trinajstić information content (AvgIpc) is 3.08. The predicted octanol–water partition coefficient (Wildman–Crippen LogP) is 3.89. The second-order valence-electron chi connectivity index (χ2n) is 6.52. The molecule has 0 radical (unpaired) electrons. The normalized spacial score (nSPS) is 18.3. The minimum absolute atomic E-state index is 0.00164. The van der Waals surface area contributed by atoms with Crippen molar-refractivity contribution in [2.45, 2.75) is 30.6 Å². The molecule has 1 heterocycles. The van der Waals surface area contributed by atoms with E-state index in [-0.39, 0.29) is 23.0 Å². The van der Waals surface area contributed by atoms with Gasteiger partial charge in [0.25, 0.3) is 10.0 Å². The van der Waals surface area contributed by atoms with Crippen LogP contribution >= 0.6 is 0 Å². The lowest BCUT2D eigenvalue weighted by Gasteiger charge is -2.21. The van der Waals surface area contributed by atoms with Crippen LogP contribution < -0.4 is 4.72 Å².